The van der Waals surface area contributed by atoms with Crippen LogP contribution in [0.2, 0.25) is 0 Å². The Morgan fingerprint density at radius 1 is 1.33 bits per heavy atom. The normalized spacial score (nSPS) is 19.4. The Labute approximate surface area is 144 Å². The Morgan fingerprint density at radius 3 is 2.54 bits per heavy atom. The highest BCUT2D eigenvalue weighted by Gasteiger charge is 2.22. The highest BCUT2D eigenvalue weighted by Crippen LogP contribution is 2.32. The topological polar surface area (TPSA) is 77.0 Å². The van der Waals surface area contributed by atoms with E-state index < -0.39 is 10.8 Å². The van der Waals surface area contributed by atoms with Crippen LogP contribution in [-0.4, -0.2) is 36.3 Å². The average Bonchev–Trinajstić information content (AvgIpc) is 2.53. The third-order valence-electron chi connectivity index (χ3n) is 3.86. The molecule has 1 heterocycles. The van der Waals surface area contributed by atoms with Gasteiger partial charge in [-0.25, -0.2) is 5.43 Å². The number of amides is 1. The number of hydrazone groups is 1. The van der Waals surface area contributed by atoms with Crippen LogP contribution in [0.15, 0.2) is 27.7 Å². The van der Waals surface area contributed by atoms with Gasteiger partial charge in [-0.2, -0.15) is 5.10 Å². The lowest BCUT2D eigenvalue weighted by Gasteiger charge is -2.20. The molecule has 0 bridgehead atoms. The molecule has 1 aromatic rings. The summed E-state index contributed by atoms with van der Waals surface area (Å²) in [4.78, 5) is 12.0. The number of hydrogen-bond donors (Lipinski definition) is 1. The minimum Gasteiger partial charge on any atom is -0.496 e. The van der Waals surface area contributed by atoms with Gasteiger partial charge in [-0.1, -0.05) is 6.92 Å². The molecule has 1 N–H and O–H groups in total. The number of methoxy groups -OCH3 is 2. The quantitative estimate of drug-likeness (QED) is 0.884. The Bertz CT molecular complexity index is 740. The first-order chi connectivity index (χ1) is 11.4. The zero-order valence-electron chi connectivity index (χ0n) is 14.5. The number of hydrogen-bond acceptors (Lipinski definition) is 5. The van der Waals surface area contributed by atoms with Crippen LogP contribution < -0.4 is 14.9 Å². The molecule has 0 radical (unpaired) electrons. The summed E-state index contributed by atoms with van der Waals surface area (Å²) in [5.74, 6) is 1.12. The summed E-state index contributed by atoms with van der Waals surface area (Å²) >= 11 is 0. The van der Waals surface area contributed by atoms with Crippen molar-refractivity contribution in [2.45, 2.75) is 25.2 Å². The molecule has 1 aliphatic rings. The minimum atomic E-state index is -1.18. The van der Waals surface area contributed by atoms with Gasteiger partial charge in [0.25, 0.3) is 0 Å². The largest absolute Gasteiger partial charge is 0.496 e. The fourth-order valence-corrected chi connectivity index (χ4v) is 3.37. The summed E-state index contributed by atoms with van der Waals surface area (Å²) < 4.78 is 22.6. The van der Waals surface area contributed by atoms with Gasteiger partial charge in [0.05, 0.1) is 35.6 Å². The van der Waals surface area contributed by atoms with E-state index in [1.54, 1.807) is 32.6 Å². The van der Waals surface area contributed by atoms with Gasteiger partial charge in [-0.15, -0.1) is 0 Å². The second kappa shape index (κ2) is 7.61. The molecule has 1 amide bonds. The fraction of sp³-hybridized carbons (Fsp3) is 0.412. The van der Waals surface area contributed by atoms with Gasteiger partial charge in [-0.05, 0) is 24.6 Å². The molecule has 0 aromatic heterocycles. The highest BCUT2D eigenvalue weighted by atomic mass is 32.2. The van der Waals surface area contributed by atoms with E-state index in [4.69, 9.17) is 9.47 Å². The molecule has 2 rings (SSSR count). The number of ether oxygens (including phenoxy) is 2. The number of rotatable bonds is 5. The molecular formula is C17H22N2O4S. The zero-order chi connectivity index (χ0) is 17.9. The van der Waals surface area contributed by atoms with E-state index in [0.717, 1.165) is 16.8 Å². The fourth-order valence-electron chi connectivity index (χ4n) is 2.67. The van der Waals surface area contributed by atoms with Gasteiger partial charge in [0.2, 0.25) is 5.91 Å². The molecule has 0 saturated heterocycles. The van der Waals surface area contributed by atoms with E-state index in [1.807, 2.05) is 19.9 Å². The van der Waals surface area contributed by atoms with Crippen molar-refractivity contribution in [2.75, 3.05) is 20.5 Å². The second-order valence-electron chi connectivity index (χ2n) is 5.66. The number of carbonyl (C=O) groups excluding carboxylic acids is 1. The Kier molecular flexibility index (Phi) is 5.77. The van der Waals surface area contributed by atoms with Crippen molar-refractivity contribution in [2.24, 2.45) is 11.0 Å². The number of nitrogens with zero attached hydrogens (tertiary/aromatic N) is 1. The van der Waals surface area contributed by atoms with E-state index in [0.29, 0.717) is 22.8 Å². The third kappa shape index (κ3) is 3.84. The summed E-state index contributed by atoms with van der Waals surface area (Å²) in [6.45, 7) is 3.90. The van der Waals surface area contributed by atoms with Crippen LogP contribution in [0.4, 0.5) is 0 Å². The monoisotopic (exact) mass is 350 g/mol. The molecule has 0 spiro atoms. The summed E-state index contributed by atoms with van der Waals surface area (Å²) in [7, 11) is 1.93. The van der Waals surface area contributed by atoms with Crippen molar-refractivity contribution in [1.29, 1.82) is 0 Å². The van der Waals surface area contributed by atoms with Crippen LogP contribution in [0.3, 0.4) is 0 Å². The molecule has 7 heteroatoms. The van der Waals surface area contributed by atoms with E-state index >= 15 is 0 Å². The first-order valence-corrected chi connectivity index (χ1v) is 9.07. The van der Waals surface area contributed by atoms with Gasteiger partial charge >= 0.3 is 0 Å². The van der Waals surface area contributed by atoms with Crippen molar-refractivity contribution >= 4 is 28.5 Å². The van der Waals surface area contributed by atoms with E-state index in [9.17, 15) is 9.00 Å². The maximum Gasteiger partial charge on any atom is 0.240 e. The number of allylic oxidation sites excluding steroid dienone is 1. The molecule has 0 saturated carbocycles. The van der Waals surface area contributed by atoms with E-state index in [-0.39, 0.29) is 11.8 Å². The Balaban J connectivity index is 2.47. The van der Waals surface area contributed by atoms with Crippen LogP contribution in [0.5, 0.6) is 11.5 Å². The average molecular weight is 350 g/mol. The molecule has 0 aliphatic carbocycles. The van der Waals surface area contributed by atoms with Crippen molar-refractivity contribution in [3.05, 3.63) is 23.3 Å². The van der Waals surface area contributed by atoms with Gasteiger partial charge in [-0.3, -0.25) is 9.00 Å². The Morgan fingerprint density at radius 2 is 2.00 bits per heavy atom. The number of carbonyl (C=O) groups is 1. The minimum absolute atomic E-state index is 0.0466. The third-order valence-corrected chi connectivity index (χ3v) is 4.80. The van der Waals surface area contributed by atoms with Crippen LogP contribution in [0, 0.1) is 5.92 Å². The zero-order valence-corrected chi connectivity index (χ0v) is 15.3. The summed E-state index contributed by atoms with van der Waals surface area (Å²) in [5, 5.41) is 4.16. The van der Waals surface area contributed by atoms with Crippen molar-refractivity contribution in [3.8, 4) is 11.5 Å². The lowest BCUT2D eigenvalue weighted by atomic mass is 9.93. The predicted molar refractivity (Wildman–Crippen MR) is 94.9 cm³/mol. The Hall–Kier alpha value is -2.15. The first-order valence-electron chi connectivity index (χ1n) is 7.51. The lowest BCUT2D eigenvalue weighted by molar-refractivity contribution is -0.121. The smallest absolute Gasteiger partial charge is 0.240 e. The number of benzene rings is 1. The molecule has 6 nitrogen and oxygen atoms in total. The summed E-state index contributed by atoms with van der Waals surface area (Å²) in [6.07, 6.45) is 3.94. The molecule has 24 heavy (non-hydrogen) atoms. The predicted octanol–water partition coefficient (Wildman–Crippen LogP) is 2.36. The van der Waals surface area contributed by atoms with Crippen molar-refractivity contribution < 1.29 is 18.5 Å². The van der Waals surface area contributed by atoms with Gasteiger partial charge in [0, 0.05) is 30.2 Å². The maximum absolute atomic E-state index is 11.8. The molecule has 2 unspecified atom stereocenters. The van der Waals surface area contributed by atoms with E-state index in [2.05, 4.69) is 10.5 Å². The highest BCUT2D eigenvalue weighted by molar-refractivity contribution is 7.84. The standard InChI is InChI=1S/C17H22N2O4S/c1-10(17-11(2)7-16(20)18-19-17)6-12-8-14(23-4)15(24(5)21)9-13(12)22-3/h6,8-9,11H,7H2,1-5H3,(H,18,20). The van der Waals surface area contributed by atoms with Crippen LogP contribution in [0.1, 0.15) is 25.8 Å². The van der Waals surface area contributed by atoms with Gasteiger partial charge < -0.3 is 9.47 Å². The second-order valence-corrected chi connectivity index (χ2v) is 7.01. The lowest BCUT2D eigenvalue weighted by Crippen LogP contribution is -2.31. The summed E-state index contributed by atoms with van der Waals surface area (Å²) in [5.41, 5.74) is 5.07. The molecule has 0 fully saturated rings. The molecule has 2 atom stereocenters. The molecule has 1 aliphatic heterocycles. The maximum atomic E-state index is 11.8. The van der Waals surface area contributed by atoms with Crippen LogP contribution >= 0.6 is 0 Å². The van der Waals surface area contributed by atoms with Crippen molar-refractivity contribution in [3.63, 3.8) is 0 Å². The molecule has 1 aromatic carbocycles. The summed E-state index contributed by atoms with van der Waals surface area (Å²) in [6, 6.07) is 3.52. The van der Waals surface area contributed by atoms with Crippen LogP contribution in [-0.2, 0) is 15.6 Å². The van der Waals surface area contributed by atoms with Gasteiger partial charge in [0.1, 0.15) is 11.5 Å². The van der Waals surface area contributed by atoms with E-state index in [1.165, 1.54) is 0 Å². The SMILES string of the molecule is COc1cc(S(C)=O)c(OC)cc1C=C(C)C1=NNC(=O)CC1C. The van der Waals surface area contributed by atoms with Crippen molar-refractivity contribution in [1.82, 2.24) is 5.43 Å². The van der Waals surface area contributed by atoms with Gasteiger partial charge in [0.15, 0.2) is 0 Å². The number of nitrogens with one attached hydrogen (secondary N) is 1. The van der Waals surface area contributed by atoms with Crippen LogP contribution in [0.25, 0.3) is 6.08 Å². The molecule has 130 valence electrons. The first kappa shape index (κ1) is 18.2. The molecular weight excluding hydrogens is 328 g/mol.